The van der Waals surface area contributed by atoms with E-state index in [-0.39, 0.29) is 47.7 Å². The van der Waals surface area contributed by atoms with E-state index in [1.807, 2.05) is 49.9 Å². The number of aromatic amines is 2. The number of benzene rings is 2. The standard InChI is InChI=1S/C44H56N8O8/c1-25(2)37(49-43(55)56)41(53)51-23-27(24-58-4)20-36(51)40-46-22-34(48-40)31-13-9-29(10-14-31)28-7-11-30(12-8-28)33-21-45-39(47-33)35-15-6-26(3)52(35)42(54)38(50-44(57)59-5)32-16-18-60-19-17-32/h7-14,21-22,25-27,32,35-38,49H,6,15-20,23-24H2,1-5H3,(H,45,47)(H,46,48)(H,50,57)(H,55,56)/t26-,27-,35-,36-,37-,38-/m0/s1. The summed E-state index contributed by atoms with van der Waals surface area (Å²) in [6.07, 6.45) is 5.30. The van der Waals surface area contributed by atoms with Crippen LogP contribution in [-0.2, 0) is 23.8 Å². The minimum absolute atomic E-state index is 0.0201. The van der Waals surface area contributed by atoms with E-state index in [4.69, 9.17) is 24.2 Å². The highest BCUT2D eigenvalue weighted by Crippen LogP contribution is 2.39. The minimum Gasteiger partial charge on any atom is -0.465 e. The Morgan fingerprint density at radius 1 is 0.817 bits per heavy atom. The van der Waals surface area contributed by atoms with E-state index in [9.17, 15) is 24.3 Å². The van der Waals surface area contributed by atoms with Crippen LogP contribution in [0.1, 0.15) is 76.6 Å². The second kappa shape index (κ2) is 18.7. The normalized spacial score (nSPS) is 21.8. The Labute approximate surface area is 349 Å². The predicted molar refractivity (Wildman–Crippen MR) is 222 cm³/mol. The van der Waals surface area contributed by atoms with E-state index in [2.05, 4.69) is 44.9 Å². The van der Waals surface area contributed by atoms with Gasteiger partial charge >= 0.3 is 12.2 Å². The van der Waals surface area contributed by atoms with Crippen LogP contribution in [0.15, 0.2) is 60.9 Å². The number of likely N-dealkylation sites (tertiary alicyclic amines) is 2. The fraction of sp³-hybridized carbons (Fsp3) is 0.500. The molecule has 0 aliphatic carbocycles. The van der Waals surface area contributed by atoms with E-state index in [0.717, 1.165) is 46.5 Å². The van der Waals surface area contributed by atoms with Crippen LogP contribution < -0.4 is 10.6 Å². The summed E-state index contributed by atoms with van der Waals surface area (Å²) < 4.78 is 15.8. The largest absolute Gasteiger partial charge is 0.465 e. The number of H-pyrrole nitrogens is 2. The van der Waals surface area contributed by atoms with Crippen LogP contribution in [0.3, 0.4) is 0 Å². The monoisotopic (exact) mass is 824 g/mol. The number of rotatable bonds is 13. The van der Waals surface area contributed by atoms with Gasteiger partial charge in [-0.3, -0.25) is 9.59 Å². The van der Waals surface area contributed by atoms with Crippen molar-refractivity contribution in [2.24, 2.45) is 17.8 Å². The summed E-state index contributed by atoms with van der Waals surface area (Å²) in [5.41, 5.74) is 5.62. The van der Waals surface area contributed by atoms with Crippen molar-refractivity contribution in [1.29, 1.82) is 0 Å². The number of carbonyl (C=O) groups is 4. The van der Waals surface area contributed by atoms with Crippen LogP contribution in [-0.4, -0.2) is 118 Å². The number of carbonyl (C=O) groups excluding carboxylic acids is 3. The summed E-state index contributed by atoms with van der Waals surface area (Å²) in [7, 11) is 2.94. The average molecular weight is 825 g/mol. The topological polar surface area (TPSA) is 204 Å². The SMILES string of the molecule is COC[C@H]1C[C@@H](c2ncc(-c3ccc(-c4ccc(-c5cnc([C@@H]6CC[C@H](C)N6C(=O)[C@@H](NC(=O)OC)C6CCOCC6)[nH]5)cc4)cc3)[nH]2)N(C(=O)[C@@H](NC(=O)O)C(C)C)C1. The van der Waals surface area contributed by atoms with Crippen molar-refractivity contribution in [2.75, 3.05) is 40.6 Å². The number of hydrogen-bond donors (Lipinski definition) is 5. The van der Waals surface area contributed by atoms with Gasteiger partial charge in [-0.1, -0.05) is 62.4 Å². The molecule has 16 nitrogen and oxygen atoms in total. The Balaban J connectivity index is 1.03. The summed E-state index contributed by atoms with van der Waals surface area (Å²) >= 11 is 0. The zero-order chi connectivity index (χ0) is 42.5. The van der Waals surface area contributed by atoms with Crippen molar-refractivity contribution in [3.63, 3.8) is 0 Å². The Kier molecular flexibility index (Phi) is 13.2. The third-order valence-corrected chi connectivity index (χ3v) is 12.2. The molecule has 3 aliphatic rings. The lowest BCUT2D eigenvalue weighted by molar-refractivity contribution is -0.138. The molecule has 0 radical (unpaired) electrons. The van der Waals surface area contributed by atoms with Gasteiger partial charge in [0, 0.05) is 38.8 Å². The molecule has 0 bridgehead atoms. The van der Waals surface area contributed by atoms with Crippen molar-refractivity contribution in [1.82, 2.24) is 40.4 Å². The average Bonchev–Trinajstić information content (AvgIpc) is 4.09. The first-order valence-corrected chi connectivity index (χ1v) is 20.8. The molecule has 2 aromatic carbocycles. The molecule has 0 unspecified atom stereocenters. The fourth-order valence-electron chi connectivity index (χ4n) is 9.00. The number of hydrogen-bond acceptors (Lipinski definition) is 9. The van der Waals surface area contributed by atoms with Crippen LogP contribution >= 0.6 is 0 Å². The van der Waals surface area contributed by atoms with Gasteiger partial charge in [0.2, 0.25) is 11.8 Å². The second-order valence-electron chi connectivity index (χ2n) is 16.5. The number of aromatic nitrogens is 4. The van der Waals surface area contributed by atoms with E-state index < -0.39 is 24.3 Å². The van der Waals surface area contributed by atoms with Crippen LogP contribution in [0.25, 0.3) is 33.6 Å². The minimum atomic E-state index is -1.23. The summed E-state index contributed by atoms with van der Waals surface area (Å²) in [6.45, 7) is 7.71. The summed E-state index contributed by atoms with van der Waals surface area (Å²) in [5, 5.41) is 14.6. The zero-order valence-corrected chi connectivity index (χ0v) is 34.9. The number of carboxylic acid groups (broad SMARTS) is 1. The molecule has 3 fully saturated rings. The maximum atomic E-state index is 14.2. The highest BCUT2D eigenvalue weighted by Gasteiger charge is 2.44. The van der Waals surface area contributed by atoms with Gasteiger partial charge in [-0.2, -0.15) is 0 Å². The maximum absolute atomic E-state index is 14.2. The number of nitrogens with one attached hydrogen (secondary N) is 4. The molecule has 16 heteroatoms. The molecule has 3 aliphatic heterocycles. The summed E-state index contributed by atoms with van der Waals surface area (Å²) in [4.78, 5) is 71.7. The van der Waals surface area contributed by atoms with Crippen LogP contribution in [0.2, 0.25) is 0 Å². The first-order valence-electron chi connectivity index (χ1n) is 20.8. The number of nitrogens with zero attached hydrogens (tertiary/aromatic N) is 4. The first-order chi connectivity index (χ1) is 28.9. The maximum Gasteiger partial charge on any atom is 0.407 e. The summed E-state index contributed by atoms with van der Waals surface area (Å²) in [5.74, 6) is 0.775. The first kappa shape index (κ1) is 42.4. The second-order valence-corrected chi connectivity index (χ2v) is 16.5. The van der Waals surface area contributed by atoms with Crippen LogP contribution in [0.4, 0.5) is 9.59 Å². The van der Waals surface area contributed by atoms with Gasteiger partial charge < -0.3 is 49.7 Å². The van der Waals surface area contributed by atoms with Gasteiger partial charge in [0.05, 0.1) is 49.6 Å². The molecular formula is C44H56N8O8. The van der Waals surface area contributed by atoms with Crippen molar-refractivity contribution >= 4 is 24.0 Å². The molecule has 0 spiro atoms. The van der Waals surface area contributed by atoms with Gasteiger partial charge in [0.15, 0.2) is 0 Å². The Morgan fingerprint density at radius 3 is 1.92 bits per heavy atom. The van der Waals surface area contributed by atoms with E-state index in [0.29, 0.717) is 57.3 Å². The highest BCUT2D eigenvalue weighted by molar-refractivity contribution is 5.87. The van der Waals surface area contributed by atoms with E-state index >= 15 is 0 Å². The lowest BCUT2D eigenvalue weighted by Crippen LogP contribution is -2.54. The number of amides is 4. The smallest absolute Gasteiger partial charge is 0.407 e. The van der Waals surface area contributed by atoms with Gasteiger partial charge in [-0.05, 0) is 73.1 Å². The molecule has 3 saturated heterocycles. The highest BCUT2D eigenvalue weighted by atomic mass is 16.5. The third kappa shape index (κ3) is 9.19. The molecule has 4 aromatic rings. The van der Waals surface area contributed by atoms with Crippen LogP contribution in [0, 0.1) is 17.8 Å². The molecular weight excluding hydrogens is 769 g/mol. The molecule has 60 heavy (non-hydrogen) atoms. The third-order valence-electron chi connectivity index (χ3n) is 12.2. The molecule has 7 rings (SSSR count). The Morgan fingerprint density at radius 2 is 1.38 bits per heavy atom. The molecule has 0 saturated carbocycles. The van der Waals surface area contributed by atoms with E-state index in [1.54, 1.807) is 24.4 Å². The quantitative estimate of drug-likeness (QED) is 0.104. The zero-order valence-electron chi connectivity index (χ0n) is 34.9. The number of imidazole rings is 2. The van der Waals surface area contributed by atoms with Crippen molar-refractivity contribution < 1.29 is 38.5 Å². The molecule has 4 amide bonds. The number of methoxy groups -OCH3 is 2. The Hall–Kier alpha value is -5.74. The van der Waals surface area contributed by atoms with Crippen molar-refractivity contribution in [2.45, 2.75) is 83.1 Å². The molecule has 5 N–H and O–H groups in total. The van der Waals surface area contributed by atoms with Crippen molar-refractivity contribution in [3.05, 3.63) is 72.6 Å². The lowest BCUT2D eigenvalue weighted by Gasteiger charge is -2.36. The van der Waals surface area contributed by atoms with Gasteiger partial charge in [0.25, 0.3) is 0 Å². The predicted octanol–water partition coefficient (Wildman–Crippen LogP) is 6.17. The molecule has 5 heterocycles. The van der Waals surface area contributed by atoms with Crippen LogP contribution in [0.5, 0.6) is 0 Å². The van der Waals surface area contributed by atoms with Gasteiger partial charge in [0.1, 0.15) is 23.7 Å². The number of ether oxygens (including phenoxy) is 3. The fourth-order valence-corrected chi connectivity index (χ4v) is 9.00. The molecule has 2 aromatic heterocycles. The van der Waals surface area contributed by atoms with Crippen molar-refractivity contribution in [3.8, 4) is 33.6 Å². The Bertz CT molecular complexity index is 2110. The van der Waals surface area contributed by atoms with E-state index in [1.165, 1.54) is 7.11 Å². The molecule has 320 valence electrons. The molecule has 6 atom stereocenters. The van der Waals surface area contributed by atoms with Gasteiger partial charge in [-0.25, -0.2) is 19.6 Å². The van der Waals surface area contributed by atoms with Gasteiger partial charge in [-0.15, -0.1) is 0 Å². The number of alkyl carbamates (subject to hydrolysis) is 1. The summed E-state index contributed by atoms with van der Waals surface area (Å²) in [6, 6.07) is 14.2. The lowest BCUT2D eigenvalue weighted by atomic mass is 9.90.